The molecule has 1 aromatic heterocycles. The average Bonchev–Trinajstić information content (AvgIpc) is 2.54. The highest BCUT2D eigenvalue weighted by Gasteiger charge is 2.20. The number of aromatic nitrogens is 3. The fourth-order valence-electron chi connectivity index (χ4n) is 2.34. The molecule has 0 aliphatic heterocycles. The molecule has 0 unspecified atom stereocenters. The van der Waals surface area contributed by atoms with Crippen LogP contribution in [0.25, 0.3) is 22.8 Å². The standard InChI is InChI=1S/C20H21N3/c1-14-9-8-12-16(13-14)18-21-17(15-10-6-5-7-11-15)22-19(23-18)20(2,3)4/h5-13H,1-4H3. The summed E-state index contributed by atoms with van der Waals surface area (Å²) in [4.78, 5) is 14.1. The van der Waals surface area contributed by atoms with Gasteiger partial charge in [0.2, 0.25) is 0 Å². The van der Waals surface area contributed by atoms with Gasteiger partial charge in [0.1, 0.15) is 5.82 Å². The van der Waals surface area contributed by atoms with Crippen molar-refractivity contribution >= 4 is 0 Å². The van der Waals surface area contributed by atoms with Gasteiger partial charge < -0.3 is 0 Å². The molecule has 0 N–H and O–H groups in total. The summed E-state index contributed by atoms with van der Waals surface area (Å²) in [6, 6.07) is 18.3. The first-order valence-electron chi connectivity index (χ1n) is 7.82. The number of rotatable bonds is 2. The van der Waals surface area contributed by atoms with Crippen LogP contribution in [0.2, 0.25) is 0 Å². The number of aryl methyl sites for hydroxylation is 1. The van der Waals surface area contributed by atoms with E-state index in [1.165, 1.54) is 5.56 Å². The lowest BCUT2D eigenvalue weighted by Crippen LogP contribution is -2.18. The topological polar surface area (TPSA) is 38.7 Å². The number of hydrogen-bond acceptors (Lipinski definition) is 3. The van der Waals surface area contributed by atoms with Crippen LogP contribution in [0.4, 0.5) is 0 Å². The first-order valence-corrected chi connectivity index (χ1v) is 7.82. The Kier molecular flexibility index (Phi) is 3.95. The predicted octanol–water partition coefficient (Wildman–Crippen LogP) is 4.81. The number of nitrogens with zero attached hydrogens (tertiary/aromatic N) is 3. The summed E-state index contributed by atoms with van der Waals surface area (Å²) in [5, 5.41) is 0. The van der Waals surface area contributed by atoms with Crippen molar-refractivity contribution in [1.29, 1.82) is 0 Å². The second-order valence-electron chi connectivity index (χ2n) is 6.79. The molecule has 0 saturated carbocycles. The second kappa shape index (κ2) is 5.92. The van der Waals surface area contributed by atoms with E-state index in [0.29, 0.717) is 0 Å². The van der Waals surface area contributed by atoms with Gasteiger partial charge in [-0.3, -0.25) is 0 Å². The molecule has 3 aromatic rings. The third-order valence-corrected chi connectivity index (χ3v) is 3.61. The van der Waals surface area contributed by atoms with Crippen molar-refractivity contribution in [3.8, 4) is 22.8 Å². The second-order valence-corrected chi connectivity index (χ2v) is 6.79. The lowest BCUT2D eigenvalue weighted by atomic mass is 9.95. The van der Waals surface area contributed by atoms with E-state index in [0.717, 1.165) is 28.6 Å². The monoisotopic (exact) mass is 303 g/mol. The first kappa shape index (κ1) is 15.3. The van der Waals surface area contributed by atoms with E-state index in [4.69, 9.17) is 15.0 Å². The van der Waals surface area contributed by atoms with Gasteiger partial charge in [-0.2, -0.15) is 0 Å². The van der Waals surface area contributed by atoms with Crippen molar-refractivity contribution in [2.45, 2.75) is 33.1 Å². The van der Waals surface area contributed by atoms with Crippen molar-refractivity contribution in [3.05, 3.63) is 66.0 Å². The predicted molar refractivity (Wildman–Crippen MR) is 94.1 cm³/mol. The summed E-state index contributed by atoms with van der Waals surface area (Å²) in [5.74, 6) is 2.26. The summed E-state index contributed by atoms with van der Waals surface area (Å²) in [6.07, 6.45) is 0. The van der Waals surface area contributed by atoms with Crippen molar-refractivity contribution < 1.29 is 0 Å². The third-order valence-electron chi connectivity index (χ3n) is 3.61. The molecule has 0 bridgehead atoms. The summed E-state index contributed by atoms with van der Waals surface area (Å²) >= 11 is 0. The molecule has 3 heteroatoms. The minimum absolute atomic E-state index is 0.134. The fourth-order valence-corrected chi connectivity index (χ4v) is 2.34. The Hall–Kier alpha value is -2.55. The minimum Gasteiger partial charge on any atom is -0.212 e. The van der Waals surface area contributed by atoms with Crippen LogP contribution in [0.1, 0.15) is 32.2 Å². The van der Waals surface area contributed by atoms with E-state index in [1.54, 1.807) is 0 Å². The van der Waals surface area contributed by atoms with Crippen molar-refractivity contribution in [1.82, 2.24) is 15.0 Å². The lowest BCUT2D eigenvalue weighted by molar-refractivity contribution is 0.543. The van der Waals surface area contributed by atoms with Crippen LogP contribution in [0, 0.1) is 6.92 Å². The zero-order valence-corrected chi connectivity index (χ0v) is 14.0. The Morgan fingerprint density at radius 3 is 1.91 bits per heavy atom. The maximum atomic E-state index is 4.72. The zero-order valence-electron chi connectivity index (χ0n) is 14.0. The van der Waals surface area contributed by atoms with Crippen molar-refractivity contribution in [3.63, 3.8) is 0 Å². The largest absolute Gasteiger partial charge is 0.212 e. The Morgan fingerprint density at radius 1 is 0.696 bits per heavy atom. The smallest absolute Gasteiger partial charge is 0.163 e. The molecule has 116 valence electrons. The fraction of sp³-hybridized carbons (Fsp3) is 0.250. The van der Waals surface area contributed by atoms with Gasteiger partial charge in [-0.05, 0) is 13.0 Å². The van der Waals surface area contributed by atoms with Gasteiger partial charge in [-0.1, -0.05) is 74.9 Å². The van der Waals surface area contributed by atoms with Crippen LogP contribution in [-0.2, 0) is 5.41 Å². The highest BCUT2D eigenvalue weighted by molar-refractivity contribution is 5.61. The van der Waals surface area contributed by atoms with E-state index < -0.39 is 0 Å². The molecule has 3 rings (SSSR count). The van der Waals surface area contributed by atoms with Gasteiger partial charge in [0.25, 0.3) is 0 Å². The van der Waals surface area contributed by atoms with Crippen molar-refractivity contribution in [2.24, 2.45) is 0 Å². The van der Waals surface area contributed by atoms with Crippen LogP contribution < -0.4 is 0 Å². The summed E-state index contributed by atoms with van der Waals surface area (Å²) in [5.41, 5.74) is 3.09. The average molecular weight is 303 g/mol. The van der Waals surface area contributed by atoms with E-state index >= 15 is 0 Å². The molecule has 23 heavy (non-hydrogen) atoms. The molecule has 0 aliphatic rings. The first-order chi connectivity index (χ1) is 10.9. The van der Waals surface area contributed by atoms with Crippen LogP contribution in [0.3, 0.4) is 0 Å². The Bertz CT molecular complexity index is 818. The van der Waals surface area contributed by atoms with Gasteiger partial charge in [-0.25, -0.2) is 15.0 Å². The molecule has 0 radical (unpaired) electrons. The van der Waals surface area contributed by atoms with E-state index in [9.17, 15) is 0 Å². The van der Waals surface area contributed by atoms with Crippen LogP contribution >= 0.6 is 0 Å². The molecule has 0 aliphatic carbocycles. The van der Waals surface area contributed by atoms with E-state index in [1.807, 2.05) is 42.5 Å². The third kappa shape index (κ3) is 3.45. The van der Waals surface area contributed by atoms with Crippen LogP contribution in [-0.4, -0.2) is 15.0 Å². The van der Waals surface area contributed by atoms with E-state index in [-0.39, 0.29) is 5.41 Å². The Labute approximate surface area is 137 Å². The Balaban J connectivity index is 2.20. The van der Waals surface area contributed by atoms with Gasteiger partial charge in [0, 0.05) is 16.5 Å². The van der Waals surface area contributed by atoms with E-state index in [2.05, 4.69) is 39.8 Å². The molecule has 0 atom stereocenters. The van der Waals surface area contributed by atoms with Gasteiger partial charge in [0.05, 0.1) is 0 Å². The number of hydrogen-bond donors (Lipinski definition) is 0. The van der Waals surface area contributed by atoms with Gasteiger partial charge >= 0.3 is 0 Å². The van der Waals surface area contributed by atoms with Crippen LogP contribution in [0.15, 0.2) is 54.6 Å². The molecule has 2 aromatic carbocycles. The lowest BCUT2D eigenvalue weighted by Gasteiger charge is -2.18. The molecule has 0 amide bonds. The molecule has 0 spiro atoms. The quantitative estimate of drug-likeness (QED) is 0.682. The summed E-state index contributed by atoms with van der Waals surface area (Å²) < 4.78 is 0. The Morgan fingerprint density at radius 2 is 1.30 bits per heavy atom. The molecule has 0 fully saturated rings. The van der Waals surface area contributed by atoms with Gasteiger partial charge in [-0.15, -0.1) is 0 Å². The SMILES string of the molecule is Cc1cccc(-c2nc(-c3ccccc3)nc(C(C)(C)C)n2)c1. The minimum atomic E-state index is -0.134. The van der Waals surface area contributed by atoms with Crippen LogP contribution in [0.5, 0.6) is 0 Å². The molecular weight excluding hydrogens is 282 g/mol. The van der Waals surface area contributed by atoms with Gasteiger partial charge in [0.15, 0.2) is 11.6 Å². The molecular formula is C20H21N3. The van der Waals surface area contributed by atoms with Crippen molar-refractivity contribution in [2.75, 3.05) is 0 Å². The summed E-state index contributed by atoms with van der Waals surface area (Å²) in [7, 11) is 0. The highest BCUT2D eigenvalue weighted by Crippen LogP contribution is 2.25. The zero-order chi connectivity index (χ0) is 16.4. The maximum absolute atomic E-state index is 4.72. The maximum Gasteiger partial charge on any atom is 0.163 e. The molecule has 1 heterocycles. The normalized spacial score (nSPS) is 11.5. The highest BCUT2D eigenvalue weighted by atomic mass is 15.0. The molecule has 0 saturated heterocycles. The summed E-state index contributed by atoms with van der Waals surface area (Å²) in [6.45, 7) is 8.44. The molecule has 3 nitrogen and oxygen atoms in total. The number of benzene rings is 2.